The molecule has 0 aliphatic carbocycles. The van der Waals surface area contributed by atoms with Crippen LogP contribution in [0.15, 0.2) is 45.9 Å². The summed E-state index contributed by atoms with van der Waals surface area (Å²) < 4.78 is 5.21. The van der Waals surface area contributed by atoms with Crippen LogP contribution in [-0.4, -0.2) is 16.9 Å². The predicted molar refractivity (Wildman–Crippen MR) is 66.4 cm³/mol. The fraction of sp³-hybridized carbons (Fsp3) is 0.231. The minimum absolute atomic E-state index is 0.0458. The van der Waals surface area contributed by atoms with Gasteiger partial charge < -0.3 is 14.7 Å². The molecular formula is C13H14N2O3. The third-order valence-corrected chi connectivity index (χ3v) is 2.51. The molecule has 0 saturated heterocycles. The van der Waals surface area contributed by atoms with Gasteiger partial charge in [0.1, 0.15) is 5.76 Å². The smallest absolute Gasteiger partial charge is 0.252 e. The minimum Gasteiger partial charge on any atom is -0.469 e. The fourth-order valence-electron chi connectivity index (χ4n) is 1.64. The van der Waals surface area contributed by atoms with E-state index in [1.54, 1.807) is 6.26 Å². The van der Waals surface area contributed by atoms with Crippen LogP contribution in [0.1, 0.15) is 23.0 Å². The summed E-state index contributed by atoms with van der Waals surface area (Å²) in [6.07, 6.45) is 3.63. The summed E-state index contributed by atoms with van der Waals surface area (Å²) in [6, 6.07) is 6.45. The Morgan fingerprint density at radius 3 is 2.89 bits per heavy atom. The number of carbonyl (C=O) groups is 1. The van der Waals surface area contributed by atoms with Gasteiger partial charge in [0.05, 0.1) is 11.8 Å². The molecule has 0 bridgehead atoms. The number of rotatable bonds is 4. The van der Waals surface area contributed by atoms with E-state index in [1.165, 1.54) is 18.3 Å². The number of nitrogens with one attached hydrogen (secondary N) is 2. The number of furan rings is 1. The Kier molecular flexibility index (Phi) is 3.62. The second-order valence-corrected chi connectivity index (χ2v) is 4.10. The summed E-state index contributed by atoms with van der Waals surface area (Å²) in [7, 11) is 0. The first-order valence-corrected chi connectivity index (χ1v) is 5.67. The van der Waals surface area contributed by atoms with Gasteiger partial charge in [-0.05, 0) is 25.1 Å². The second-order valence-electron chi connectivity index (χ2n) is 4.10. The summed E-state index contributed by atoms with van der Waals surface area (Å²) in [5, 5.41) is 2.83. The molecule has 1 amide bonds. The van der Waals surface area contributed by atoms with Crippen LogP contribution in [-0.2, 0) is 6.42 Å². The van der Waals surface area contributed by atoms with Crippen molar-refractivity contribution in [3.8, 4) is 0 Å². The highest BCUT2D eigenvalue weighted by Crippen LogP contribution is 2.04. The fourth-order valence-corrected chi connectivity index (χ4v) is 1.64. The van der Waals surface area contributed by atoms with Crippen molar-refractivity contribution in [1.82, 2.24) is 10.3 Å². The summed E-state index contributed by atoms with van der Waals surface area (Å²) in [6.45, 7) is 1.89. The van der Waals surface area contributed by atoms with Gasteiger partial charge in [-0.3, -0.25) is 9.59 Å². The molecule has 94 valence electrons. The molecule has 1 atom stereocenters. The molecule has 5 nitrogen and oxygen atoms in total. The lowest BCUT2D eigenvalue weighted by Crippen LogP contribution is -2.34. The monoisotopic (exact) mass is 246 g/mol. The first-order valence-electron chi connectivity index (χ1n) is 5.67. The van der Waals surface area contributed by atoms with E-state index in [0.29, 0.717) is 12.0 Å². The van der Waals surface area contributed by atoms with Crippen LogP contribution < -0.4 is 10.9 Å². The molecule has 2 N–H and O–H groups in total. The lowest BCUT2D eigenvalue weighted by atomic mass is 10.2. The van der Waals surface area contributed by atoms with Gasteiger partial charge in [-0.15, -0.1) is 0 Å². The van der Waals surface area contributed by atoms with Crippen molar-refractivity contribution in [3.05, 3.63) is 58.4 Å². The molecule has 2 aromatic heterocycles. The van der Waals surface area contributed by atoms with Crippen LogP contribution in [0.25, 0.3) is 0 Å². The predicted octanol–water partition coefficient (Wildman–Crippen LogP) is 1.33. The van der Waals surface area contributed by atoms with Gasteiger partial charge in [0, 0.05) is 24.7 Å². The average molecular weight is 246 g/mol. The largest absolute Gasteiger partial charge is 0.469 e. The Hall–Kier alpha value is -2.30. The Labute approximate surface area is 104 Å². The minimum atomic E-state index is -0.227. The molecule has 2 aromatic rings. The zero-order chi connectivity index (χ0) is 13.0. The van der Waals surface area contributed by atoms with Gasteiger partial charge in [0.2, 0.25) is 5.56 Å². The molecule has 0 aromatic carbocycles. The SMILES string of the molecule is CC(Cc1ccco1)NC(=O)c1ccc(=O)[nH]c1. The number of aromatic amines is 1. The van der Waals surface area contributed by atoms with Crippen molar-refractivity contribution in [2.24, 2.45) is 0 Å². The number of amides is 1. The van der Waals surface area contributed by atoms with Crippen molar-refractivity contribution in [2.45, 2.75) is 19.4 Å². The number of H-pyrrole nitrogens is 1. The van der Waals surface area contributed by atoms with Gasteiger partial charge in [-0.1, -0.05) is 0 Å². The van der Waals surface area contributed by atoms with Crippen LogP contribution >= 0.6 is 0 Å². The van der Waals surface area contributed by atoms with Crippen molar-refractivity contribution in [1.29, 1.82) is 0 Å². The lowest BCUT2D eigenvalue weighted by Gasteiger charge is -2.12. The molecule has 2 rings (SSSR count). The zero-order valence-electron chi connectivity index (χ0n) is 9.97. The highest BCUT2D eigenvalue weighted by atomic mass is 16.3. The molecule has 5 heteroatoms. The first kappa shape index (κ1) is 12.2. The van der Waals surface area contributed by atoms with Crippen LogP contribution in [0.5, 0.6) is 0 Å². The molecule has 0 radical (unpaired) electrons. The van der Waals surface area contributed by atoms with E-state index in [0.717, 1.165) is 5.76 Å². The quantitative estimate of drug-likeness (QED) is 0.854. The Bertz CT molecular complexity index is 552. The number of aromatic nitrogens is 1. The number of hydrogen-bond donors (Lipinski definition) is 2. The maximum absolute atomic E-state index is 11.8. The standard InChI is InChI=1S/C13H14N2O3/c1-9(7-11-3-2-6-18-11)15-13(17)10-4-5-12(16)14-8-10/h2-6,8-9H,7H2,1H3,(H,14,16)(H,15,17). The Morgan fingerprint density at radius 1 is 1.44 bits per heavy atom. The van der Waals surface area contributed by atoms with E-state index in [2.05, 4.69) is 10.3 Å². The molecule has 18 heavy (non-hydrogen) atoms. The van der Waals surface area contributed by atoms with E-state index < -0.39 is 0 Å². The van der Waals surface area contributed by atoms with Crippen molar-refractivity contribution >= 4 is 5.91 Å². The maximum atomic E-state index is 11.8. The molecule has 0 aliphatic heterocycles. The first-order chi connectivity index (χ1) is 8.65. The third kappa shape index (κ3) is 3.10. The highest BCUT2D eigenvalue weighted by Gasteiger charge is 2.11. The second kappa shape index (κ2) is 5.35. The molecule has 0 saturated carbocycles. The van der Waals surface area contributed by atoms with E-state index in [4.69, 9.17) is 4.42 Å². The molecule has 1 unspecified atom stereocenters. The molecule has 0 fully saturated rings. The summed E-state index contributed by atoms with van der Waals surface area (Å²) >= 11 is 0. The van der Waals surface area contributed by atoms with Gasteiger partial charge in [0.25, 0.3) is 5.91 Å². The average Bonchev–Trinajstić information content (AvgIpc) is 2.82. The Morgan fingerprint density at radius 2 is 2.28 bits per heavy atom. The van der Waals surface area contributed by atoms with Gasteiger partial charge in [-0.25, -0.2) is 0 Å². The number of pyridine rings is 1. The van der Waals surface area contributed by atoms with Crippen LogP contribution in [0.4, 0.5) is 0 Å². The summed E-state index contributed by atoms with van der Waals surface area (Å²) in [5.41, 5.74) is 0.205. The topological polar surface area (TPSA) is 75.1 Å². The van der Waals surface area contributed by atoms with Crippen molar-refractivity contribution in [2.75, 3.05) is 0 Å². The van der Waals surface area contributed by atoms with Gasteiger partial charge in [0.15, 0.2) is 0 Å². The normalized spacial score (nSPS) is 12.1. The summed E-state index contributed by atoms with van der Waals surface area (Å²) in [4.78, 5) is 25.2. The number of carbonyl (C=O) groups excluding carboxylic acids is 1. The number of hydrogen-bond acceptors (Lipinski definition) is 3. The molecular weight excluding hydrogens is 232 g/mol. The molecule has 0 spiro atoms. The van der Waals surface area contributed by atoms with E-state index in [1.807, 2.05) is 19.1 Å². The van der Waals surface area contributed by atoms with Crippen LogP contribution in [0.2, 0.25) is 0 Å². The summed E-state index contributed by atoms with van der Waals surface area (Å²) in [5.74, 6) is 0.606. The van der Waals surface area contributed by atoms with Crippen molar-refractivity contribution < 1.29 is 9.21 Å². The van der Waals surface area contributed by atoms with Gasteiger partial charge in [-0.2, -0.15) is 0 Å². The molecule has 2 heterocycles. The Balaban J connectivity index is 1.94. The lowest BCUT2D eigenvalue weighted by molar-refractivity contribution is 0.0939. The van der Waals surface area contributed by atoms with Crippen LogP contribution in [0.3, 0.4) is 0 Å². The molecule has 0 aliphatic rings. The third-order valence-electron chi connectivity index (χ3n) is 2.51. The van der Waals surface area contributed by atoms with Gasteiger partial charge >= 0.3 is 0 Å². The zero-order valence-corrected chi connectivity index (χ0v) is 9.97. The highest BCUT2D eigenvalue weighted by molar-refractivity contribution is 5.93. The van der Waals surface area contributed by atoms with E-state index in [-0.39, 0.29) is 17.5 Å². The van der Waals surface area contributed by atoms with E-state index in [9.17, 15) is 9.59 Å². The van der Waals surface area contributed by atoms with Crippen LogP contribution in [0, 0.1) is 0 Å². The van der Waals surface area contributed by atoms with E-state index >= 15 is 0 Å². The van der Waals surface area contributed by atoms with Crippen molar-refractivity contribution in [3.63, 3.8) is 0 Å². The maximum Gasteiger partial charge on any atom is 0.252 e.